The molecule has 1 aliphatic heterocycles. The molecule has 1 atom stereocenters. The van der Waals surface area contributed by atoms with Crippen molar-refractivity contribution in [2.75, 3.05) is 25.0 Å². The Morgan fingerprint density at radius 2 is 2.25 bits per heavy atom. The van der Waals surface area contributed by atoms with E-state index in [9.17, 15) is 0 Å². The summed E-state index contributed by atoms with van der Waals surface area (Å²) in [6.45, 7) is 6.13. The number of aryl methyl sites for hydroxylation is 2. The number of rotatable bonds is 3. The van der Waals surface area contributed by atoms with Crippen LogP contribution in [-0.4, -0.2) is 36.1 Å². The lowest BCUT2D eigenvalue weighted by Gasteiger charge is -2.25. The highest BCUT2D eigenvalue weighted by Gasteiger charge is 2.25. The van der Waals surface area contributed by atoms with Gasteiger partial charge in [-0.05, 0) is 33.7 Å². The first-order chi connectivity index (χ1) is 7.70. The van der Waals surface area contributed by atoms with E-state index in [1.807, 2.05) is 20.9 Å². The standard InChI is InChI=1S/C12H20N4/c1-9-7-12(15-10(2)14-9)16-6-4-5-11(16)8-13-3/h7,11,13H,4-6,8H2,1-3H3. The average molecular weight is 220 g/mol. The minimum Gasteiger partial charge on any atom is -0.352 e. The van der Waals surface area contributed by atoms with Gasteiger partial charge in [0.05, 0.1) is 0 Å². The Balaban J connectivity index is 2.21. The van der Waals surface area contributed by atoms with Crippen LogP contribution in [0.5, 0.6) is 0 Å². The number of nitrogens with zero attached hydrogens (tertiary/aromatic N) is 3. The molecule has 0 bridgehead atoms. The van der Waals surface area contributed by atoms with E-state index in [-0.39, 0.29) is 0 Å². The molecule has 0 amide bonds. The van der Waals surface area contributed by atoms with Crippen molar-refractivity contribution in [2.45, 2.75) is 32.7 Å². The third-order valence-electron chi connectivity index (χ3n) is 3.06. The van der Waals surface area contributed by atoms with Crippen LogP contribution in [0.15, 0.2) is 6.07 Å². The Morgan fingerprint density at radius 3 is 2.94 bits per heavy atom. The maximum atomic E-state index is 4.54. The van der Waals surface area contributed by atoms with Crippen LogP contribution in [0.1, 0.15) is 24.4 Å². The summed E-state index contributed by atoms with van der Waals surface area (Å²) in [5, 5.41) is 3.25. The summed E-state index contributed by atoms with van der Waals surface area (Å²) >= 11 is 0. The molecule has 1 unspecified atom stereocenters. The molecule has 4 nitrogen and oxygen atoms in total. The van der Waals surface area contributed by atoms with Gasteiger partial charge in [0.1, 0.15) is 11.6 Å². The first-order valence-electron chi connectivity index (χ1n) is 5.94. The normalized spacial score (nSPS) is 20.4. The lowest BCUT2D eigenvalue weighted by Crippen LogP contribution is -2.37. The van der Waals surface area contributed by atoms with E-state index in [4.69, 9.17) is 0 Å². The summed E-state index contributed by atoms with van der Waals surface area (Å²) in [7, 11) is 2.01. The maximum Gasteiger partial charge on any atom is 0.132 e. The highest BCUT2D eigenvalue weighted by molar-refractivity contribution is 5.42. The summed E-state index contributed by atoms with van der Waals surface area (Å²) in [4.78, 5) is 11.3. The Bertz CT molecular complexity index is 344. The minimum atomic E-state index is 0.582. The minimum absolute atomic E-state index is 0.582. The molecule has 1 N–H and O–H groups in total. The summed E-state index contributed by atoms with van der Waals surface area (Å²) < 4.78 is 0. The van der Waals surface area contributed by atoms with Gasteiger partial charge < -0.3 is 10.2 Å². The van der Waals surface area contributed by atoms with Crippen LogP contribution in [0.25, 0.3) is 0 Å². The lowest BCUT2D eigenvalue weighted by atomic mass is 10.2. The van der Waals surface area contributed by atoms with Crippen molar-refractivity contribution in [3.63, 3.8) is 0 Å². The third kappa shape index (κ3) is 2.32. The number of hydrogen-bond donors (Lipinski definition) is 1. The molecule has 0 spiro atoms. The Kier molecular flexibility index (Phi) is 3.39. The van der Waals surface area contributed by atoms with Crippen molar-refractivity contribution in [3.8, 4) is 0 Å². The van der Waals surface area contributed by atoms with Gasteiger partial charge in [-0.2, -0.15) is 0 Å². The molecule has 2 heterocycles. The molecule has 16 heavy (non-hydrogen) atoms. The van der Waals surface area contributed by atoms with Gasteiger partial charge in [-0.25, -0.2) is 9.97 Å². The molecule has 0 saturated carbocycles. The molecule has 1 aromatic rings. The monoisotopic (exact) mass is 220 g/mol. The van der Waals surface area contributed by atoms with Gasteiger partial charge in [-0.1, -0.05) is 0 Å². The van der Waals surface area contributed by atoms with Crippen LogP contribution in [0.4, 0.5) is 5.82 Å². The maximum absolute atomic E-state index is 4.54. The van der Waals surface area contributed by atoms with Crippen molar-refractivity contribution in [3.05, 3.63) is 17.6 Å². The van der Waals surface area contributed by atoms with E-state index in [2.05, 4.69) is 26.3 Å². The number of anilines is 1. The van der Waals surface area contributed by atoms with Crippen molar-refractivity contribution >= 4 is 5.82 Å². The molecule has 1 aromatic heterocycles. The van der Waals surface area contributed by atoms with Crippen molar-refractivity contribution in [2.24, 2.45) is 0 Å². The van der Waals surface area contributed by atoms with Crippen LogP contribution in [0.2, 0.25) is 0 Å². The summed E-state index contributed by atoms with van der Waals surface area (Å²) in [6.07, 6.45) is 2.51. The van der Waals surface area contributed by atoms with E-state index >= 15 is 0 Å². The second kappa shape index (κ2) is 4.78. The van der Waals surface area contributed by atoms with Gasteiger partial charge in [0, 0.05) is 30.9 Å². The highest BCUT2D eigenvalue weighted by Crippen LogP contribution is 2.23. The number of likely N-dealkylation sites (N-methyl/N-ethyl adjacent to an activating group) is 1. The molecule has 1 fully saturated rings. The zero-order valence-electron chi connectivity index (χ0n) is 10.3. The molecule has 0 aromatic carbocycles. The number of hydrogen-bond acceptors (Lipinski definition) is 4. The largest absolute Gasteiger partial charge is 0.352 e. The van der Waals surface area contributed by atoms with Crippen molar-refractivity contribution in [1.82, 2.24) is 15.3 Å². The van der Waals surface area contributed by atoms with Crippen LogP contribution < -0.4 is 10.2 Å². The molecule has 4 heteroatoms. The van der Waals surface area contributed by atoms with Crippen molar-refractivity contribution < 1.29 is 0 Å². The van der Waals surface area contributed by atoms with E-state index in [1.54, 1.807) is 0 Å². The topological polar surface area (TPSA) is 41.0 Å². The Hall–Kier alpha value is -1.16. The van der Waals surface area contributed by atoms with Gasteiger partial charge >= 0.3 is 0 Å². The van der Waals surface area contributed by atoms with Crippen LogP contribution in [0.3, 0.4) is 0 Å². The fourth-order valence-electron chi connectivity index (χ4n) is 2.43. The molecule has 0 aliphatic carbocycles. The second-order valence-electron chi connectivity index (χ2n) is 4.46. The quantitative estimate of drug-likeness (QED) is 0.833. The van der Waals surface area contributed by atoms with Gasteiger partial charge in [0.25, 0.3) is 0 Å². The van der Waals surface area contributed by atoms with Gasteiger partial charge in [0.15, 0.2) is 0 Å². The summed E-state index contributed by atoms with van der Waals surface area (Å²) in [6, 6.07) is 2.67. The lowest BCUT2D eigenvalue weighted by molar-refractivity contribution is 0.610. The Morgan fingerprint density at radius 1 is 1.44 bits per heavy atom. The van der Waals surface area contributed by atoms with E-state index in [1.165, 1.54) is 12.8 Å². The zero-order valence-corrected chi connectivity index (χ0v) is 10.3. The van der Waals surface area contributed by atoms with Gasteiger partial charge in [-0.3, -0.25) is 0 Å². The SMILES string of the molecule is CNCC1CCCN1c1cc(C)nc(C)n1. The Labute approximate surface area is 97.1 Å². The molecule has 0 radical (unpaired) electrons. The van der Waals surface area contributed by atoms with Crippen LogP contribution in [0, 0.1) is 13.8 Å². The van der Waals surface area contributed by atoms with E-state index in [0.717, 1.165) is 30.4 Å². The molecular weight excluding hydrogens is 200 g/mol. The summed E-state index contributed by atoms with van der Waals surface area (Å²) in [5.74, 6) is 1.95. The number of aromatic nitrogens is 2. The van der Waals surface area contributed by atoms with E-state index < -0.39 is 0 Å². The zero-order chi connectivity index (χ0) is 11.5. The molecule has 1 aliphatic rings. The van der Waals surface area contributed by atoms with E-state index in [0.29, 0.717) is 6.04 Å². The van der Waals surface area contributed by atoms with Crippen molar-refractivity contribution in [1.29, 1.82) is 0 Å². The molecule has 1 saturated heterocycles. The van der Waals surface area contributed by atoms with Gasteiger partial charge in [0.2, 0.25) is 0 Å². The fraction of sp³-hybridized carbons (Fsp3) is 0.667. The highest BCUT2D eigenvalue weighted by atomic mass is 15.2. The molecule has 88 valence electrons. The number of nitrogens with one attached hydrogen (secondary N) is 1. The first kappa shape index (κ1) is 11.3. The third-order valence-corrected chi connectivity index (χ3v) is 3.06. The average Bonchev–Trinajstić information content (AvgIpc) is 2.65. The predicted octanol–water partition coefficient (Wildman–Crippen LogP) is 1.28. The van der Waals surface area contributed by atoms with Gasteiger partial charge in [-0.15, -0.1) is 0 Å². The summed E-state index contributed by atoms with van der Waals surface area (Å²) in [5.41, 5.74) is 1.05. The predicted molar refractivity (Wildman–Crippen MR) is 65.8 cm³/mol. The first-order valence-corrected chi connectivity index (χ1v) is 5.94. The fourth-order valence-corrected chi connectivity index (χ4v) is 2.43. The smallest absolute Gasteiger partial charge is 0.132 e. The second-order valence-corrected chi connectivity index (χ2v) is 4.46. The van der Waals surface area contributed by atoms with Crippen LogP contribution in [-0.2, 0) is 0 Å². The van der Waals surface area contributed by atoms with Crippen LogP contribution >= 0.6 is 0 Å². The molecular formula is C12H20N4. The molecule has 2 rings (SSSR count).